The monoisotopic (exact) mass is 366 g/mol. The van der Waals surface area contributed by atoms with Gasteiger partial charge in [-0.1, -0.05) is 30.3 Å². The maximum Gasteiger partial charge on any atom is 0.341 e. The summed E-state index contributed by atoms with van der Waals surface area (Å²) in [5.41, 5.74) is 1.94. The summed E-state index contributed by atoms with van der Waals surface area (Å²) in [7, 11) is 0. The van der Waals surface area contributed by atoms with Gasteiger partial charge in [0, 0.05) is 23.7 Å². The number of anilines is 1. The fourth-order valence-corrected chi connectivity index (χ4v) is 3.53. The number of esters is 1. The molecule has 0 saturated heterocycles. The van der Waals surface area contributed by atoms with Crippen LogP contribution >= 0.6 is 11.3 Å². The number of rotatable bonds is 6. The molecule has 6 heteroatoms. The Bertz CT molecular complexity index is 892. The van der Waals surface area contributed by atoms with Crippen molar-refractivity contribution in [3.8, 4) is 0 Å². The Kier molecular flexibility index (Phi) is 5.76. The number of benzene rings is 1. The Balaban J connectivity index is 1.86. The molecule has 0 unspecified atom stereocenters. The third kappa shape index (κ3) is 4.34. The average molecular weight is 366 g/mol. The summed E-state index contributed by atoms with van der Waals surface area (Å²) in [6.45, 7) is 2.03. The standard InChI is InChI=1S/C20H18N2O3S/c1-2-25-20(24)17-12-16(11-14-7-4-3-5-8-14)26-19(17)22-18(23)15-9-6-10-21-13-15/h3-10,12-13H,2,11H2,1H3,(H,22,23). The molecule has 26 heavy (non-hydrogen) atoms. The van der Waals surface area contributed by atoms with Crippen LogP contribution in [0.1, 0.15) is 38.1 Å². The van der Waals surface area contributed by atoms with E-state index < -0.39 is 5.97 Å². The summed E-state index contributed by atoms with van der Waals surface area (Å²) >= 11 is 1.38. The number of hydrogen-bond acceptors (Lipinski definition) is 5. The smallest absolute Gasteiger partial charge is 0.341 e. The van der Waals surface area contributed by atoms with Gasteiger partial charge in [0.05, 0.1) is 17.7 Å². The average Bonchev–Trinajstić information content (AvgIpc) is 3.05. The molecule has 1 aromatic carbocycles. The molecule has 0 aliphatic carbocycles. The molecule has 2 aromatic heterocycles. The third-order valence-electron chi connectivity index (χ3n) is 3.65. The van der Waals surface area contributed by atoms with E-state index in [1.54, 1.807) is 31.3 Å². The third-order valence-corrected chi connectivity index (χ3v) is 4.70. The molecule has 0 atom stereocenters. The lowest BCUT2D eigenvalue weighted by Crippen LogP contribution is -2.14. The van der Waals surface area contributed by atoms with Crippen molar-refractivity contribution in [3.05, 3.63) is 82.5 Å². The van der Waals surface area contributed by atoms with Crippen LogP contribution in [0.25, 0.3) is 0 Å². The molecule has 132 valence electrons. The zero-order valence-electron chi connectivity index (χ0n) is 14.3. The first-order valence-corrected chi connectivity index (χ1v) is 9.04. The number of carbonyl (C=O) groups excluding carboxylic acids is 2. The van der Waals surface area contributed by atoms with Gasteiger partial charge in [-0.2, -0.15) is 0 Å². The largest absolute Gasteiger partial charge is 0.462 e. The number of amides is 1. The van der Waals surface area contributed by atoms with Crippen molar-refractivity contribution in [3.63, 3.8) is 0 Å². The second-order valence-electron chi connectivity index (χ2n) is 5.53. The van der Waals surface area contributed by atoms with Crippen molar-refractivity contribution in [1.82, 2.24) is 4.98 Å². The van der Waals surface area contributed by atoms with Crippen LogP contribution in [0.2, 0.25) is 0 Å². The van der Waals surface area contributed by atoms with E-state index in [0.29, 0.717) is 22.5 Å². The van der Waals surface area contributed by atoms with Crippen molar-refractivity contribution in [2.24, 2.45) is 0 Å². The molecule has 0 aliphatic heterocycles. The highest BCUT2D eigenvalue weighted by atomic mass is 32.1. The van der Waals surface area contributed by atoms with E-state index in [0.717, 1.165) is 10.4 Å². The molecule has 0 radical (unpaired) electrons. The second kappa shape index (κ2) is 8.40. The first-order valence-electron chi connectivity index (χ1n) is 8.22. The van der Waals surface area contributed by atoms with Crippen LogP contribution in [0.15, 0.2) is 60.9 Å². The second-order valence-corrected chi connectivity index (χ2v) is 6.67. The minimum absolute atomic E-state index is 0.276. The van der Waals surface area contributed by atoms with E-state index in [1.165, 1.54) is 17.5 Å². The normalized spacial score (nSPS) is 10.3. The Labute approximate surface area is 155 Å². The minimum atomic E-state index is -0.440. The van der Waals surface area contributed by atoms with Gasteiger partial charge in [0.25, 0.3) is 5.91 Å². The van der Waals surface area contributed by atoms with Crippen LogP contribution in [-0.4, -0.2) is 23.5 Å². The lowest BCUT2D eigenvalue weighted by atomic mass is 10.1. The quantitative estimate of drug-likeness (QED) is 0.665. The molecule has 0 spiro atoms. The van der Waals surface area contributed by atoms with E-state index in [9.17, 15) is 9.59 Å². The van der Waals surface area contributed by atoms with Crippen LogP contribution in [0, 0.1) is 0 Å². The molecule has 1 N–H and O–H groups in total. The van der Waals surface area contributed by atoms with Gasteiger partial charge in [0.2, 0.25) is 0 Å². The molecular formula is C20H18N2O3S. The van der Waals surface area contributed by atoms with Crippen molar-refractivity contribution >= 4 is 28.2 Å². The van der Waals surface area contributed by atoms with Crippen molar-refractivity contribution in [1.29, 1.82) is 0 Å². The molecule has 5 nitrogen and oxygen atoms in total. The van der Waals surface area contributed by atoms with Crippen LogP contribution in [-0.2, 0) is 11.2 Å². The fraction of sp³-hybridized carbons (Fsp3) is 0.150. The van der Waals surface area contributed by atoms with Gasteiger partial charge >= 0.3 is 5.97 Å². The van der Waals surface area contributed by atoms with Gasteiger partial charge in [-0.25, -0.2) is 4.79 Å². The lowest BCUT2D eigenvalue weighted by molar-refractivity contribution is 0.0528. The van der Waals surface area contributed by atoms with Gasteiger partial charge in [-0.15, -0.1) is 11.3 Å². The van der Waals surface area contributed by atoms with Gasteiger partial charge in [-0.3, -0.25) is 9.78 Å². The van der Waals surface area contributed by atoms with Crippen molar-refractivity contribution in [2.75, 3.05) is 11.9 Å². The molecular weight excluding hydrogens is 348 g/mol. The highest BCUT2D eigenvalue weighted by Crippen LogP contribution is 2.31. The Morgan fingerprint density at radius 2 is 1.96 bits per heavy atom. The van der Waals surface area contributed by atoms with Crippen LogP contribution < -0.4 is 5.32 Å². The first-order chi connectivity index (χ1) is 12.7. The molecule has 0 aliphatic rings. The summed E-state index contributed by atoms with van der Waals surface area (Å²) in [6, 6.07) is 15.1. The molecule has 3 aromatic rings. The Morgan fingerprint density at radius 3 is 2.65 bits per heavy atom. The molecule has 0 fully saturated rings. The molecule has 2 heterocycles. The summed E-state index contributed by atoms with van der Waals surface area (Å²) in [4.78, 5) is 29.6. The maximum absolute atomic E-state index is 12.4. The summed E-state index contributed by atoms with van der Waals surface area (Å²) in [6.07, 6.45) is 3.77. The van der Waals surface area contributed by atoms with E-state index in [4.69, 9.17) is 4.74 Å². The van der Waals surface area contributed by atoms with Gasteiger partial charge in [-0.05, 0) is 30.7 Å². The number of carbonyl (C=O) groups is 2. The van der Waals surface area contributed by atoms with E-state index in [1.807, 2.05) is 30.3 Å². The SMILES string of the molecule is CCOC(=O)c1cc(Cc2ccccc2)sc1NC(=O)c1cccnc1. The number of ether oxygens (including phenoxy) is 1. The Hall–Kier alpha value is -2.99. The van der Waals surface area contributed by atoms with E-state index >= 15 is 0 Å². The molecule has 0 bridgehead atoms. The van der Waals surface area contributed by atoms with Crippen molar-refractivity contribution < 1.29 is 14.3 Å². The van der Waals surface area contributed by atoms with Crippen molar-refractivity contribution in [2.45, 2.75) is 13.3 Å². The van der Waals surface area contributed by atoms with Crippen LogP contribution in [0.4, 0.5) is 5.00 Å². The summed E-state index contributed by atoms with van der Waals surface area (Å²) in [5.74, 6) is -0.749. The maximum atomic E-state index is 12.4. The number of aromatic nitrogens is 1. The number of nitrogens with one attached hydrogen (secondary N) is 1. The summed E-state index contributed by atoms with van der Waals surface area (Å²) in [5, 5.41) is 3.30. The zero-order valence-corrected chi connectivity index (χ0v) is 15.1. The highest BCUT2D eigenvalue weighted by molar-refractivity contribution is 7.16. The van der Waals surface area contributed by atoms with E-state index in [2.05, 4.69) is 10.3 Å². The number of thiophene rings is 1. The molecule has 3 rings (SSSR count). The minimum Gasteiger partial charge on any atom is -0.462 e. The number of hydrogen-bond donors (Lipinski definition) is 1. The lowest BCUT2D eigenvalue weighted by Gasteiger charge is -2.05. The molecule has 1 amide bonds. The number of pyridine rings is 1. The predicted octanol–water partition coefficient (Wildman–Crippen LogP) is 4.16. The fourth-order valence-electron chi connectivity index (χ4n) is 2.45. The summed E-state index contributed by atoms with van der Waals surface area (Å²) < 4.78 is 5.12. The van der Waals surface area contributed by atoms with Gasteiger partial charge in [0.1, 0.15) is 5.00 Å². The predicted molar refractivity (Wildman–Crippen MR) is 102 cm³/mol. The van der Waals surface area contributed by atoms with E-state index in [-0.39, 0.29) is 12.5 Å². The zero-order chi connectivity index (χ0) is 18.4. The first kappa shape index (κ1) is 17.8. The Morgan fingerprint density at radius 1 is 1.15 bits per heavy atom. The highest BCUT2D eigenvalue weighted by Gasteiger charge is 2.20. The molecule has 0 saturated carbocycles. The van der Waals surface area contributed by atoms with Gasteiger partial charge < -0.3 is 10.1 Å². The van der Waals surface area contributed by atoms with Crippen LogP contribution in [0.5, 0.6) is 0 Å². The topological polar surface area (TPSA) is 68.3 Å². The van der Waals surface area contributed by atoms with Gasteiger partial charge in [0.15, 0.2) is 0 Å². The number of nitrogens with zero attached hydrogens (tertiary/aromatic N) is 1. The van der Waals surface area contributed by atoms with Crippen LogP contribution in [0.3, 0.4) is 0 Å².